The molecule has 0 aliphatic carbocycles. The van der Waals surface area contributed by atoms with Crippen molar-refractivity contribution in [2.24, 2.45) is 10.8 Å². The van der Waals surface area contributed by atoms with Crippen LogP contribution in [0.1, 0.15) is 19.3 Å². The first kappa shape index (κ1) is 16.4. The molecule has 3 aliphatic rings. The van der Waals surface area contributed by atoms with Crippen molar-refractivity contribution in [1.82, 2.24) is 20.1 Å². The third-order valence-corrected chi connectivity index (χ3v) is 4.62. The maximum Gasteiger partial charge on any atom is 0.392 e. The topological polar surface area (TPSA) is 114 Å². The molecule has 2 saturated heterocycles. The number of aliphatic imine (C=N–C) groups is 1. The molecule has 2 fully saturated rings. The van der Waals surface area contributed by atoms with E-state index in [1.165, 1.54) is 11.9 Å². The van der Waals surface area contributed by atoms with Gasteiger partial charge in [0.1, 0.15) is 6.54 Å². The van der Waals surface area contributed by atoms with Crippen LogP contribution in [-0.2, 0) is 9.59 Å². The van der Waals surface area contributed by atoms with Crippen molar-refractivity contribution in [1.29, 1.82) is 0 Å². The molecular weight excluding hydrogens is 314 g/mol. The molecule has 0 saturated carbocycles. The number of likely N-dealkylation sites (N-methyl/N-ethyl adjacent to an activating group) is 2. The number of piperidine rings is 1. The van der Waals surface area contributed by atoms with E-state index in [0.29, 0.717) is 11.8 Å². The number of carbonyl (C=O) groups excluding carboxylic acids is 3. The molecule has 10 heteroatoms. The molecule has 0 aromatic heterocycles. The monoisotopic (exact) mass is 336 g/mol. The van der Waals surface area contributed by atoms with E-state index in [1.54, 1.807) is 11.9 Å². The second kappa shape index (κ2) is 6.19. The zero-order valence-corrected chi connectivity index (χ0v) is 13.9. The van der Waals surface area contributed by atoms with Crippen LogP contribution in [0.2, 0.25) is 0 Å². The predicted molar refractivity (Wildman–Crippen MR) is 85.0 cm³/mol. The molecule has 24 heavy (non-hydrogen) atoms. The summed E-state index contributed by atoms with van der Waals surface area (Å²) in [6.07, 6.45) is 3.20. The summed E-state index contributed by atoms with van der Waals surface area (Å²) in [5.41, 5.74) is 2.09. The Morgan fingerprint density at radius 3 is 2.54 bits per heavy atom. The van der Waals surface area contributed by atoms with Gasteiger partial charge in [-0.3, -0.25) is 29.4 Å². The van der Waals surface area contributed by atoms with Crippen molar-refractivity contribution >= 4 is 29.6 Å². The summed E-state index contributed by atoms with van der Waals surface area (Å²) in [5.74, 6) is 5.30. The summed E-state index contributed by atoms with van der Waals surface area (Å²) in [7, 11) is 3.01. The van der Waals surface area contributed by atoms with Gasteiger partial charge in [0.15, 0.2) is 0 Å². The third-order valence-electron chi connectivity index (χ3n) is 4.62. The van der Waals surface area contributed by atoms with E-state index in [1.807, 2.05) is 0 Å². The molecule has 0 bridgehead atoms. The average molecular weight is 336 g/mol. The standard InChI is InChI=1S/C14H21N7O3/c1-18-11-10(12(23)19(2)14(18)24)21(8-9(22)17-15)13(16-11)20-6-4-3-5-7-20/h10H,3-8,15H2,1-2H3/p+1. The van der Waals surface area contributed by atoms with E-state index in [9.17, 15) is 14.4 Å². The quantitative estimate of drug-likeness (QED) is 0.265. The molecule has 3 rings (SSSR count). The normalized spacial score (nSPS) is 24.4. The largest absolute Gasteiger partial charge is 0.392 e. The Morgan fingerprint density at radius 2 is 1.92 bits per heavy atom. The number of nitrogens with one attached hydrogen (secondary N) is 1. The number of guanidine groups is 1. The van der Waals surface area contributed by atoms with Gasteiger partial charge in [-0.25, -0.2) is 15.5 Å². The van der Waals surface area contributed by atoms with E-state index in [2.05, 4.69) is 15.0 Å². The molecular formula is C14H22N7O3+. The fourth-order valence-electron chi connectivity index (χ4n) is 3.29. The minimum Gasteiger partial charge on any atom is -0.291 e. The van der Waals surface area contributed by atoms with Crippen LogP contribution in [-0.4, -0.2) is 88.7 Å². The van der Waals surface area contributed by atoms with Gasteiger partial charge in [0.05, 0.1) is 13.1 Å². The van der Waals surface area contributed by atoms with Crippen molar-refractivity contribution in [3.8, 4) is 0 Å². The smallest absolute Gasteiger partial charge is 0.291 e. The summed E-state index contributed by atoms with van der Waals surface area (Å²) in [5, 5.41) is 0. The Morgan fingerprint density at radius 1 is 1.25 bits per heavy atom. The number of rotatable bonds is 2. The minimum absolute atomic E-state index is 0.0956. The summed E-state index contributed by atoms with van der Waals surface area (Å²) >= 11 is 0. The highest BCUT2D eigenvalue weighted by Gasteiger charge is 2.55. The third kappa shape index (κ3) is 2.52. The lowest BCUT2D eigenvalue weighted by Crippen LogP contribution is -2.63. The fraction of sp³-hybridized carbons (Fsp3) is 0.643. The second-order valence-corrected chi connectivity index (χ2v) is 6.15. The summed E-state index contributed by atoms with van der Waals surface area (Å²) < 4.78 is 2.06. The van der Waals surface area contributed by atoms with Gasteiger partial charge in [-0.2, -0.15) is 0 Å². The van der Waals surface area contributed by atoms with Crippen molar-refractivity contribution in [2.45, 2.75) is 25.3 Å². The number of nitrogens with zero attached hydrogens (tertiary/aromatic N) is 5. The molecule has 1 unspecified atom stereocenters. The second-order valence-electron chi connectivity index (χ2n) is 6.15. The van der Waals surface area contributed by atoms with Gasteiger partial charge in [0, 0.05) is 14.1 Å². The lowest BCUT2D eigenvalue weighted by atomic mass is 10.1. The number of amides is 4. The zero-order valence-electron chi connectivity index (χ0n) is 13.9. The lowest BCUT2D eigenvalue weighted by Gasteiger charge is -2.33. The van der Waals surface area contributed by atoms with Crippen LogP contribution >= 0.6 is 0 Å². The molecule has 0 aromatic carbocycles. The highest BCUT2D eigenvalue weighted by molar-refractivity contribution is 6.25. The van der Waals surface area contributed by atoms with Crippen LogP contribution < -0.4 is 11.3 Å². The van der Waals surface area contributed by atoms with Gasteiger partial charge in [0.25, 0.3) is 11.8 Å². The van der Waals surface area contributed by atoms with Gasteiger partial charge in [0.2, 0.25) is 11.9 Å². The first-order valence-electron chi connectivity index (χ1n) is 7.97. The van der Waals surface area contributed by atoms with Crippen LogP contribution in [0.4, 0.5) is 4.79 Å². The first-order chi connectivity index (χ1) is 11.5. The fourth-order valence-corrected chi connectivity index (χ4v) is 3.29. The summed E-state index contributed by atoms with van der Waals surface area (Å²) in [6, 6.07) is -1.22. The Bertz CT molecular complexity index is 649. The average Bonchev–Trinajstić information content (AvgIpc) is 2.98. The number of hydrogen-bond donors (Lipinski definition) is 2. The molecule has 0 aromatic rings. The highest BCUT2D eigenvalue weighted by atomic mass is 16.2. The molecule has 3 aliphatic heterocycles. The lowest BCUT2D eigenvalue weighted by molar-refractivity contribution is -0.542. The number of amidine groups is 1. The molecule has 4 amide bonds. The first-order valence-corrected chi connectivity index (χ1v) is 7.97. The van der Waals surface area contributed by atoms with E-state index in [-0.39, 0.29) is 6.54 Å². The molecule has 130 valence electrons. The maximum absolute atomic E-state index is 12.6. The Kier molecular flexibility index (Phi) is 4.22. The Labute approximate surface area is 139 Å². The van der Waals surface area contributed by atoms with Crippen LogP contribution in [0.5, 0.6) is 0 Å². The number of hydrazine groups is 1. The van der Waals surface area contributed by atoms with Gasteiger partial charge in [-0.1, -0.05) is 4.99 Å². The SMILES string of the molecule is CN1C(=O)C2C(=NC(=[N+]3CCCCC3)N2CC(=O)NN)N(C)C1=O. The number of carbonyl (C=O) groups is 3. The van der Waals surface area contributed by atoms with E-state index >= 15 is 0 Å². The molecule has 10 nitrogen and oxygen atoms in total. The van der Waals surface area contributed by atoms with Crippen LogP contribution in [0.15, 0.2) is 4.99 Å². The van der Waals surface area contributed by atoms with Crippen LogP contribution in [0, 0.1) is 0 Å². The number of urea groups is 1. The predicted octanol–water partition coefficient (Wildman–Crippen LogP) is -1.86. The van der Waals surface area contributed by atoms with Crippen LogP contribution in [0.3, 0.4) is 0 Å². The zero-order chi connectivity index (χ0) is 17.4. The maximum atomic E-state index is 12.6. The molecule has 3 N–H and O–H groups in total. The number of hydrogen-bond acceptors (Lipinski definition) is 4. The Hall–Kier alpha value is -2.49. The van der Waals surface area contributed by atoms with Crippen LogP contribution in [0.25, 0.3) is 0 Å². The van der Waals surface area contributed by atoms with Gasteiger partial charge in [-0.05, 0) is 19.3 Å². The molecule has 1 atom stereocenters. The van der Waals surface area contributed by atoms with Crippen molar-refractivity contribution < 1.29 is 19.0 Å². The summed E-state index contributed by atoms with van der Waals surface area (Å²) in [4.78, 5) is 45.2. The van der Waals surface area contributed by atoms with Crippen molar-refractivity contribution in [3.05, 3.63) is 0 Å². The van der Waals surface area contributed by atoms with Gasteiger partial charge < -0.3 is 0 Å². The van der Waals surface area contributed by atoms with Gasteiger partial charge >= 0.3 is 12.0 Å². The van der Waals surface area contributed by atoms with Gasteiger partial charge in [-0.15, -0.1) is 0 Å². The molecule has 0 spiro atoms. The van der Waals surface area contributed by atoms with E-state index in [0.717, 1.165) is 37.3 Å². The highest BCUT2D eigenvalue weighted by Crippen LogP contribution is 2.23. The van der Waals surface area contributed by atoms with E-state index < -0.39 is 23.9 Å². The van der Waals surface area contributed by atoms with E-state index in [4.69, 9.17) is 5.84 Å². The summed E-state index contributed by atoms with van der Waals surface area (Å²) in [6.45, 7) is 1.52. The van der Waals surface area contributed by atoms with Crippen molar-refractivity contribution in [2.75, 3.05) is 33.7 Å². The number of imide groups is 1. The number of nitrogens with two attached hydrogens (primary N) is 1. The Balaban J connectivity index is 2.04. The van der Waals surface area contributed by atoms with Crippen molar-refractivity contribution in [3.63, 3.8) is 0 Å². The molecule has 3 heterocycles. The minimum atomic E-state index is -0.785. The number of fused-ring (bicyclic) bond motifs is 1. The molecule has 0 radical (unpaired) electrons.